The van der Waals surface area contributed by atoms with Crippen LogP contribution in [0.4, 0.5) is 0 Å². The smallest absolute Gasteiger partial charge is 0.228 e. The second kappa shape index (κ2) is 7.08. The Bertz CT molecular complexity index is 606. The lowest BCUT2D eigenvalue weighted by molar-refractivity contribution is -0.139. The second-order valence-corrected chi connectivity index (χ2v) is 8.15. The molecule has 1 saturated heterocycles. The van der Waals surface area contributed by atoms with Crippen LogP contribution < -0.4 is 0 Å². The van der Waals surface area contributed by atoms with Crippen molar-refractivity contribution in [2.45, 2.75) is 57.2 Å². The molecule has 6 heteroatoms. The van der Waals surface area contributed by atoms with E-state index < -0.39 is 0 Å². The average molecular weight is 348 g/mol. The van der Waals surface area contributed by atoms with Crippen LogP contribution in [0.2, 0.25) is 0 Å². The number of ether oxygens (including phenoxy) is 1. The summed E-state index contributed by atoms with van der Waals surface area (Å²) in [5.74, 6) is 0.0885. The molecular weight excluding hydrogens is 316 g/mol. The summed E-state index contributed by atoms with van der Waals surface area (Å²) in [6.07, 6.45) is 5.99. The molecule has 1 aliphatic heterocycles. The highest BCUT2D eigenvalue weighted by Crippen LogP contribution is 2.39. The first-order chi connectivity index (χ1) is 11.9. The van der Waals surface area contributed by atoms with E-state index in [2.05, 4.69) is 37.9 Å². The minimum atomic E-state index is -0.184. The number of carbonyl (C=O) groups excluding carboxylic acids is 1. The molecule has 1 saturated carbocycles. The fourth-order valence-electron chi connectivity index (χ4n) is 4.25. The van der Waals surface area contributed by atoms with Crippen LogP contribution >= 0.6 is 0 Å². The van der Waals surface area contributed by atoms with Crippen LogP contribution in [0.3, 0.4) is 0 Å². The second-order valence-electron chi connectivity index (χ2n) is 8.15. The Balaban J connectivity index is 1.73. The Kier molecular flexibility index (Phi) is 5.21. The quantitative estimate of drug-likeness (QED) is 0.792. The number of likely N-dealkylation sites (N-methyl/N-ethyl adjacent to an activating group) is 2. The highest BCUT2D eigenvalue weighted by Gasteiger charge is 2.44. The summed E-state index contributed by atoms with van der Waals surface area (Å²) in [6, 6.07) is 2.25. The van der Waals surface area contributed by atoms with Crippen molar-refractivity contribution in [2.24, 2.45) is 5.92 Å². The Morgan fingerprint density at radius 2 is 2.12 bits per heavy atom. The van der Waals surface area contributed by atoms with Crippen LogP contribution in [0.1, 0.15) is 57.4 Å². The molecule has 1 aliphatic carbocycles. The molecule has 6 nitrogen and oxygen atoms in total. The van der Waals surface area contributed by atoms with E-state index in [0.29, 0.717) is 6.61 Å². The highest BCUT2D eigenvalue weighted by atomic mass is 16.5. The molecule has 0 aromatic carbocycles. The first-order valence-electron chi connectivity index (χ1n) is 9.43. The van der Waals surface area contributed by atoms with Crippen molar-refractivity contribution in [2.75, 3.05) is 34.3 Å². The molecule has 3 rings (SSSR count). The largest absolute Gasteiger partial charge is 0.371 e. The van der Waals surface area contributed by atoms with Gasteiger partial charge in [0, 0.05) is 38.0 Å². The molecule has 0 unspecified atom stereocenters. The van der Waals surface area contributed by atoms with Crippen molar-refractivity contribution in [1.29, 1.82) is 0 Å². The maximum atomic E-state index is 13.2. The van der Waals surface area contributed by atoms with Crippen LogP contribution in [-0.2, 0) is 9.53 Å². The molecule has 0 bridgehead atoms. The number of carbonyl (C=O) groups is 1. The third-order valence-corrected chi connectivity index (χ3v) is 6.03. The van der Waals surface area contributed by atoms with Gasteiger partial charge >= 0.3 is 0 Å². The zero-order valence-corrected chi connectivity index (χ0v) is 16.2. The summed E-state index contributed by atoms with van der Waals surface area (Å²) in [6.45, 7) is 5.64. The Morgan fingerprint density at radius 1 is 1.40 bits per heavy atom. The van der Waals surface area contributed by atoms with Gasteiger partial charge in [0.1, 0.15) is 6.10 Å². The summed E-state index contributed by atoms with van der Waals surface area (Å²) in [5.41, 5.74) is 1.17. The van der Waals surface area contributed by atoms with Crippen LogP contribution in [0, 0.1) is 5.92 Å². The van der Waals surface area contributed by atoms with E-state index in [4.69, 9.17) is 4.74 Å². The third kappa shape index (κ3) is 3.34. The van der Waals surface area contributed by atoms with Crippen LogP contribution in [0.5, 0.6) is 0 Å². The van der Waals surface area contributed by atoms with E-state index in [0.717, 1.165) is 18.7 Å². The Hall–Kier alpha value is -1.40. The van der Waals surface area contributed by atoms with Gasteiger partial charge < -0.3 is 14.5 Å². The molecule has 140 valence electrons. The molecule has 0 radical (unpaired) electrons. The highest BCUT2D eigenvalue weighted by molar-refractivity contribution is 5.79. The summed E-state index contributed by atoms with van der Waals surface area (Å²) in [5, 5.41) is 4.41. The molecule has 2 heterocycles. The van der Waals surface area contributed by atoms with E-state index in [1.165, 1.54) is 19.3 Å². The van der Waals surface area contributed by atoms with Crippen molar-refractivity contribution < 1.29 is 9.53 Å². The molecule has 2 fully saturated rings. The first kappa shape index (κ1) is 18.4. The molecule has 1 aromatic rings. The Morgan fingerprint density at radius 3 is 2.68 bits per heavy atom. The van der Waals surface area contributed by atoms with Gasteiger partial charge in [-0.25, -0.2) is 0 Å². The molecule has 2 atom stereocenters. The van der Waals surface area contributed by atoms with Crippen molar-refractivity contribution in [3.63, 3.8) is 0 Å². The summed E-state index contributed by atoms with van der Waals surface area (Å²) in [7, 11) is 6.20. The predicted molar refractivity (Wildman–Crippen MR) is 97.3 cm³/mol. The molecule has 1 amide bonds. The van der Waals surface area contributed by atoms with Crippen molar-refractivity contribution in [3.05, 3.63) is 18.0 Å². The molecule has 1 aromatic heterocycles. The maximum Gasteiger partial charge on any atom is 0.228 e. The fraction of sp³-hybridized carbons (Fsp3) is 0.789. The van der Waals surface area contributed by atoms with Gasteiger partial charge in [-0.2, -0.15) is 5.10 Å². The lowest BCUT2D eigenvalue weighted by Crippen LogP contribution is -2.58. The van der Waals surface area contributed by atoms with Crippen molar-refractivity contribution >= 4 is 5.91 Å². The van der Waals surface area contributed by atoms with Gasteiger partial charge in [-0.1, -0.05) is 0 Å². The number of nitrogens with zero attached hydrogens (tertiary/aromatic N) is 4. The van der Waals surface area contributed by atoms with E-state index in [1.807, 2.05) is 22.7 Å². The van der Waals surface area contributed by atoms with E-state index in [-0.39, 0.29) is 29.5 Å². The van der Waals surface area contributed by atoms with Gasteiger partial charge in [0.2, 0.25) is 5.91 Å². The van der Waals surface area contributed by atoms with Gasteiger partial charge in [0.05, 0.1) is 11.6 Å². The van der Waals surface area contributed by atoms with Gasteiger partial charge in [0.15, 0.2) is 0 Å². The summed E-state index contributed by atoms with van der Waals surface area (Å²) in [4.78, 5) is 17.4. The number of aromatic nitrogens is 2. The SMILES string of the molecule is CC(C)n1nccc1[C@@H]1OCC[C@H]1C(=O)N(C)CC1(N(C)C)CCC1. The van der Waals surface area contributed by atoms with Crippen LogP contribution in [-0.4, -0.2) is 65.3 Å². The predicted octanol–water partition coefficient (Wildman–Crippen LogP) is 2.48. The zero-order valence-electron chi connectivity index (χ0n) is 16.2. The van der Waals surface area contributed by atoms with Gasteiger partial charge in [0.25, 0.3) is 0 Å². The number of rotatable bonds is 6. The lowest BCUT2D eigenvalue weighted by Gasteiger charge is -2.49. The minimum absolute atomic E-state index is 0.113. The zero-order chi connectivity index (χ0) is 18.2. The van der Waals surface area contributed by atoms with E-state index in [1.54, 1.807) is 6.20 Å². The summed E-state index contributed by atoms with van der Waals surface area (Å²) < 4.78 is 7.95. The van der Waals surface area contributed by atoms with E-state index in [9.17, 15) is 4.79 Å². The molecule has 2 aliphatic rings. The number of hydrogen-bond donors (Lipinski definition) is 0. The van der Waals surface area contributed by atoms with Crippen LogP contribution in [0.15, 0.2) is 12.3 Å². The number of hydrogen-bond acceptors (Lipinski definition) is 4. The minimum Gasteiger partial charge on any atom is -0.371 e. The fourth-order valence-corrected chi connectivity index (χ4v) is 4.25. The molecular formula is C19H32N4O2. The topological polar surface area (TPSA) is 50.6 Å². The normalized spacial score (nSPS) is 25.4. The standard InChI is InChI=1S/C19H32N4O2/c1-14(2)23-16(7-11-20-23)17-15(8-12-25-17)18(24)22(5)13-19(21(3)4)9-6-10-19/h7,11,14-15,17H,6,8-10,12-13H2,1-5H3/t15-,17-/m1/s1. The van der Waals surface area contributed by atoms with E-state index >= 15 is 0 Å². The monoisotopic (exact) mass is 348 g/mol. The first-order valence-corrected chi connectivity index (χ1v) is 9.43. The van der Waals surface area contributed by atoms with Crippen LogP contribution in [0.25, 0.3) is 0 Å². The van der Waals surface area contributed by atoms with Gasteiger partial charge in [-0.15, -0.1) is 0 Å². The molecule has 0 N–H and O–H groups in total. The lowest BCUT2D eigenvalue weighted by atomic mass is 9.75. The maximum absolute atomic E-state index is 13.2. The van der Waals surface area contributed by atoms with Crippen molar-refractivity contribution in [3.8, 4) is 0 Å². The number of amides is 1. The summed E-state index contributed by atoms with van der Waals surface area (Å²) >= 11 is 0. The Labute approximate surface area is 151 Å². The van der Waals surface area contributed by atoms with Gasteiger partial charge in [-0.3, -0.25) is 9.48 Å². The third-order valence-electron chi connectivity index (χ3n) is 6.03. The van der Waals surface area contributed by atoms with Crippen molar-refractivity contribution in [1.82, 2.24) is 19.6 Å². The van der Waals surface area contributed by atoms with Gasteiger partial charge in [-0.05, 0) is 59.7 Å². The molecule has 25 heavy (non-hydrogen) atoms. The average Bonchev–Trinajstić information content (AvgIpc) is 3.16. The molecule has 0 spiro atoms.